The number of carbonyl (C=O) groups is 1. The first-order valence-corrected chi connectivity index (χ1v) is 12.9. The lowest BCUT2D eigenvalue weighted by atomic mass is 10.0. The van der Waals surface area contributed by atoms with Gasteiger partial charge in [-0.2, -0.15) is 8.42 Å². The van der Waals surface area contributed by atoms with E-state index in [4.69, 9.17) is 81.2 Å². The number of ketones is 1. The second-order valence-electron chi connectivity index (χ2n) is 6.78. The summed E-state index contributed by atoms with van der Waals surface area (Å²) < 4.78 is 25.0. The lowest BCUT2D eigenvalue weighted by Gasteiger charge is -2.36. The quantitative estimate of drug-likeness (QED) is 0.218. The van der Waals surface area contributed by atoms with Gasteiger partial charge in [-0.1, -0.05) is 98.9 Å². The Hall–Kier alpha value is -0.830. The number of halogens is 7. The highest BCUT2D eigenvalue weighted by Gasteiger charge is 2.61. The van der Waals surface area contributed by atoms with Crippen molar-refractivity contribution in [1.29, 1.82) is 0 Å². The van der Waals surface area contributed by atoms with Crippen LogP contribution >= 0.6 is 81.2 Å². The molecule has 0 aromatic heterocycles. The minimum absolute atomic E-state index is 0.0923. The third-order valence-corrected chi connectivity index (χ3v) is 9.00. The van der Waals surface area contributed by atoms with Gasteiger partial charge in [0.05, 0.1) is 9.93 Å². The minimum Gasteiger partial charge on any atom is -0.290 e. The van der Waals surface area contributed by atoms with Gasteiger partial charge in [-0.05, 0) is 43.3 Å². The number of aryl methyl sites for hydroxylation is 1. The van der Waals surface area contributed by atoms with Crippen molar-refractivity contribution in [2.75, 3.05) is 0 Å². The van der Waals surface area contributed by atoms with Crippen molar-refractivity contribution in [3.63, 3.8) is 0 Å². The first kappa shape index (κ1) is 26.8. The number of rotatable bonds is 3. The predicted molar refractivity (Wildman–Crippen MR) is 136 cm³/mol. The summed E-state index contributed by atoms with van der Waals surface area (Å²) in [6, 6.07) is 11.9. The number of sulfonamides is 1. The highest BCUT2D eigenvalue weighted by molar-refractivity contribution is 7.90. The van der Waals surface area contributed by atoms with Gasteiger partial charge in [-0.25, -0.2) is 4.99 Å². The normalized spacial score (nSPS) is 19.8. The molecule has 0 aliphatic heterocycles. The van der Waals surface area contributed by atoms with E-state index in [1.807, 2.05) is 0 Å². The lowest BCUT2D eigenvalue weighted by Crippen LogP contribution is -2.53. The Kier molecular flexibility index (Phi) is 7.84. The number of benzene rings is 2. The smallest absolute Gasteiger partial charge is 0.284 e. The van der Waals surface area contributed by atoms with Gasteiger partial charge in [-0.3, -0.25) is 4.79 Å². The molecule has 0 heterocycles. The maximum absolute atomic E-state index is 13.0. The molecule has 33 heavy (non-hydrogen) atoms. The molecule has 0 radical (unpaired) electrons. The van der Waals surface area contributed by atoms with Gasteiger partial charge >= 0.3 is 0 Å². The summed E-state index contributed by atoms with van der Waals surface area (Å²) in [5.74, 6) is -1.42. The molecule has 0 unspecified atom stereocenters. The van der Waals surface area contributed by atoms with Gasteiger partial charge in [0, 0.05) is 10.6 Å². The first-order chi connectivity index (χ1) is 15.2. The van der Waals surface area contributed by atoms with E-state index in [1.54, 1.807) is 19.1 Å². The van der Waals surface area contributed by atoms with Crippen LogP contribution < -0.4 is 0 Å². The number of hydrogen-bond donors (Lipinski definition) is 0. The van der Waals surface area contributed by atoms with E-state index in [9.17, 15) is 13.2 Å². The molecule has 0 fully saturated rings. The second-order valence-corrected chi connectivity index (χ2v) is 12.2. The number of aliphatic imine (C=N–C) groups is 1. The number of nitrogens with zero attached hydrogens (tertiary/aromatic N) is 2. The fraction of sp³-hybridized carbons (Fsp3) is 0.150. The first-order valence-electron chi connectivity index (χ1n) is 8.81. The Morgan fingerprint density at radius 2 is 1.36 bits per heavy atom. The van der Waals surface area contributed by atoms with Crippen LogP contribution in [0.5, 0.6) is 0 Å². The van der Waals surface area contributed by atoms with Gasteiger partial charge < -0.3 is 0 Å². The number of hydrogen-bond acceptors (Lipinski definition) is 3. The summed E-state index contributed by atoms with van der Waals surface area (Å²) in [4.78, 5) is 16.4. The Morgan fingerprint density at radius 3 is 1.91 bits per heavy atom. The molecular formula is C20H11Cl7N2O3S. The molecule has 0 bridgehead atoms. The molecule has 1 aliphatic carbocycles. The van der Waals surface area contributed by atoms with E-state index in [0.29, 0.717) is 5.02 Å². The van der Waals surface area contributed by atoms with Crippen molar-refractivity contribution in [3.05, 3.63) is 74.7 Å². The van der Waals surface area contributed by atoms with Crippen molar-refractivity contribution < 1.29 is 13.2 Å². The maximum Gasteiger partial charge on any atom is 0.284 e. The van der Waals surface area contributed by atoms with Crippen LogP contribution in [0.2, 0.25) is 5.02 Å². The molecule has 174 valence electrons. The van der Waals surface area contributed by atoms with Gasteiger partial charge in [0.15, 0.2) is 5.84 Å². The zero-order valence-corrected chi connectivity index (χ0v) is 22.4. The van der Waals surface area contributed by atoms with Crippen LogP contribution in [-0.4, -0.2) is 34.4 Å². The zero-order valence-electron chi connectivity index (χ0n) is 16.3. The van der Waals surface area contributed by atoms with Crippen LogP contribution in [0.25, 0.3) is 0 Å². The Balaban J connectivity index is 2.30. The van der Waals surface area contributed by atoms with Gasteiger partial charge in [0.2, 0.25) is 14.4 Å². The number of Topliss-reactive ketones (excluding diaryl/α,β-unsaturated/α-hetero) is 1. The minimum atomic E-state index is -4.26. The Morgan fingerprint density at radius 1 is 0.818 bits per heavy atom. The molecule has 0 spiro atoms. The number of allylic oxidation sites excluding steroid dienone is 2. The van der Waals surface area contributed by atoms with Gasteiger partial charge in [-0.15, -0.1) is 4.40 Å². The molecule has 1 aliphatic rings. The average Bonchev–Trinajstić information content (AvgIpc) is 2.74. The molecule has 0 saturated heterocycles. The van der Waals surface area contributed by atoms with E-state index in [0.717, 1.165) is 5.56 Å². The lowest BCUT2D eigenvalue weighted by molar-refractivity contribution is -0.115. The van der Waals surface area contributed by atoms with Crippen molar-refractivity contribution in [2.45, 2.75) is 20.5 Å². The van der Waals surface area contributed by atoms with Crippen LogP contribution in [0.3, 0.4) is 0 Å². The van der Waals surface area contributed by atoms with E-state index in [-0.39, 0.29) is 16.3 Å². The highest BCUT2D eigenvalue weighted by atomic mass is 35.5. The van der Waals surface area contributed by atoms with E-state index in [1.165, 1.54) is 36.4 Å². The molecule has 0 N–H and O–H groups in total. The largest absolute Gasteiger partial charge is 0.290 e. The topological polar surface area (TPSA) is 75.9 Å². The standard InChI is InChI=1S/C20H11Cl7N2O3S/c1-10-2-8-13(9-3-10)33(31,32)29-18(11-4-6-12(21)7-5-11)28-16-14(22)15(23)17(30)20(26,27)19(16,24)25/h2-9H,1H3/b28-16?,29-18+. The van der Waals surface area contributed by atoms with Crippen LogP contribution in [-0.2, 0) is 14.8 Å². The monoisotopic (exact) mass is 604 g/mol. The van der Waals surface area contributed by atoms with Crippen LogP contribution in [0, 0.1) is 6.92 Å². The molecule has 0 saturated carbocycles. The fourth-order valence-electron chi connectivity index (χ4n) is 2.61. The number of carbonyl (C=O) groups excluding carboxylic acids is 1. The van der Waals surface area contributed by atoms with Crippen molar-refractivity contribution in [2.24, 2.45) is 9.39 Å². The Labute approximate surface area is 225 Å². The zero-order chi connectivity index (χ0) is 24.8. The summed E-state index contributed by atoms with van der Waals surface area (Å²) in [5, 5.41) is -0.659. The van der Waals surface area contributed by atoms with Crippen molar-refractivity contribution in [3.8, 4) is 0 Å². The highest BCUT2D eigenvalue weighted by Crippen LogP contribution is 2.52. The summed E-state index contributed by atoms with van der Waals surface area (Å²) in [5.41, 5.74) is 0.595. The summed E-state index contributed by atoms with van der Waals surface area (Å²) in [7, 11) is -4.26. The van der Waals surface area contributed by atoms with Gasteiger partial charge in [0.1, 0.15) is 10.7 Å². The third kappa shape index (κ3) is 5.24. The molecule has 2 aromatic rings. The SMILES string of the molecule is Cc1ccc(S(=O)(=O)/N=C(/N=C2C(Cl)=C(Cl)C(=O)C(Cl)(Cl)C2(Cl)Cl)c2ccc(Cl)cc2)cc1. The summed E-state index contributed by atoms with van der Waals surface area (Å²) in [6.45, 7) is 1.80. The molecule has 0 atom stereocenters. The maximum atomic E-state index is 13.0. The number of amidine groups is 1. The van der Waals surface area contributed by atoms with E-state index < -0.39 is 40.2 Å². The Bertz CT molecular complexity index is 1310. The van der Waals surface area contributed by atoms with Crippen molar-refractivity contribution >= 4 is 109 Å². The second kappa shape index (κ2) is 9.67. The molecule has 13 heteroatoms. The van der Waals surface area contributed by atoms with E-state index in [2.05, 4.69) is 9.39 Å². The fourth-order valence-corrected chi connectivity index (χ4v) is 5.20. The van der Waals surface area contributed by atoms with Crippen LogP contribution in [0.1, 0.15) is 11.1 Å². The summed E-state index contributed by atoms with van der Waals surface area (Å²) in [6.07, 6.45) is 0. The molecule has 2 aromatic carbocycles. The molecule has 0 amide bonds. The average molecular weight is 608 g/mol. The summed E-state index contributed by atoms with van der Waals surface area (Å²) >= 11 is 42.9. The van der Waals surface area contributed by atoms with E-state index >= 15 is 0 Å². The van der Waals surface area contributed by atoms with Crippen LogP contribution in [0.4, 0.5) is 0 Å². The van der Waals surface area contributed by atoms with Gasteiger partial charge in [0.25, 0.3) is 10.0 Å². The van der Waals surface area contributed by atoms with Crippen LogP contribution in [0.15, 0.2) is 72.9 Å². The number of alkyl halides is 4. The van der Waals surface area contributed by atoms with Crippen molar-refractivity contribution in [1.82, 2.24) is 0 Å². The molecule has 5 nitrogen and oxygen atoms in total. The molecule has 3 rings (SSSR count). The predicted octanol–water partition coefficient (Wildman–Crippen LogP) is 6.84. The molecular weight excluding hydrogens is 596 g/mol. The third-order valence-electron chi connectivity index (χ3n) is 4.42.